The van der Waals surface area contributed by atoms with Gasteiger partial charge in [-0.3, -0.25) is 4.79 Å². The normalized spacial score (nSPS) is 13.6. The minimum absolute atomic E-state index is 0.154. The average Bonchev–Trinajstić information content (AvgIpc) is 3.40. The Bertz CT molecular complexity index is 1230. The first-order chi connectivity index (χ1) is 18.4. The number of carbonyl (C=O) groups excluding carboxylic acids is 2. The van der Waals surface area contributed by atoms with Crippen LogP contribution >= 0.6 is 11.3 Å². The van der Waals surface area contributed by atoms with Crippen LogP contribution in [0.3, 0.4) is 0 Å². The summed E-state index contributed by atoms with van der Waals surface area (Å²) >= 11 is 1.35. The Balaban J connectivity index is 1.35. The average molecular weight is 540 g/mol. The Morgan fingerprint density at radius 1 is 1.11 bits per heavy atom. The highest BCUT2D eigenvalue weighted by Gasteiger charge is 2.25. The number of hydrogen-bond acceptors (Lipinski definition) is 6. The number of carbonyl (C=O) groups is 2. The lowest BCUT2D eigenvalue weighted by molar-refractivity contribution is 0.0741. The predicted octanol–water partition coefficient (Wildman–Crippen LogP) is 5.05. The molecule has 1 aromatic heterocycles. The molecule has 1 fully saturated rings. The van der Waals surface area contributed by atoms with Crippen molar-refractivity contribution in [3.63, 3.8) is 0 Å². The molecule has 0 radical (unpaired) electrons. The first-order valence-corrected chi connectivity index (χ1v) is 13.6. The van der Waals surface area contributed by atoms with Crippen LogP contribution in [0.4, 0.5) is 20.6 Å². The van der Waals surface area contributed by atoms with Crippen molar-refractivity contribution in [1.29, 1.82) is 0 Å². The first-order valence-electron chi connectivity index (χ1n) is 12.7. The Labute approximate surface area is 227 Å². The number of thiazole rings is 1. The van der Waals surface area contributed by atoms with Crippen LogP contribution in [-0.4, -0.2) is 73.2 Å². The van der Waals surface area contributed by atoms with Gasteiger partial charge in [0.25, 0.3) is 5.91 Å². The summed E-state index contributed by atoms with van der Waals surface area (Å²) < 4.78 is 19.3. The number of aromatic nitrogens is 1. The zero-order chi connectivity index (χ0) is 27.1. The van der Waals surface area contributed by atoms with E-state index in [0.29, 0.717) is 67.3 Å². The van der Waals surface area contributed by atoms with E-state index in [4.69, 9.17) is 4.74 Å². The van der Waals surface area contributed by atoms with Gasteiger partial charge in [-0.1, -0.05) is 38.1 Å². The van der Waals surface area contributed by atoms with E-state index in [-0.39, 0.29) is 24.3 Å². The number of urea groups is 1. The van der Waals surface area contributed by atoms with Crippen LogP contribution in [0.2, 0.25) is 0 Å². The summed E-state index contributed by atoms with van der Waals surface area (Å²) in [5.41, 5.74) is 2.83. The number of nitrogens with one attached hydrogen (secondary N) is 1. The number of ether oxygens (including phenoxy) is 1. The topological polar surface area (TPSA) is 78.0 Å². The minimum Gasteiger partial charge on any atom is -0.383 e. The molecule has 202 valence electrons. The lowest BCUT2D eigenvalue weighted by Gasteiger charge is -2.35. The highest BCUT2D eigenvalue weighted by molar-refractivity contribution is 7.09. The van der Waals surface area contributed by atoms with E-state index in [1.165, 1.54) is 23.0 Å². The molecule has 38 heavy (non-hydrogen) atoms. The number of benzene rings is 2. The van der Waals surface area contributed by atoms with E-state index in [2.05, 4.69) is 24.1 Å². The largest absolute Gasteiger partial charge is 0.383 e. The van der Waals surface area contributed by atoms with Crippen molar-refractivity contribution in [3.8, 4) is 0 Å². The van der Waals surface area contributed by atoms with Crippen molar-refractivity contribution in [1.82, 2.24) is 14.8 Å². The molecule has 2 aromatic carbocycles. The summed E-state index contributed by atoms with van der Waals surface area (Å²) in [7, 11) is 1.59. The van der Waals surface area contributed by atoms with Gasteiger partial charge in [-0.15, -0.1) is 11.3 Å². The van der Waals surface area contributed by atoms with Gasteiger partial charge in [0.1, 0.15) is 16.5 Å². The van der Waals surface area contributed by atoms with Crippen LogP contribution in [0.5, 0.6) is 0 Å². The van der Waals surface area contributed by atoms with Gasteiger partial charge in [0.15, 0.2) is 0 Å². The second kappa shape index (κ2) is 12.8. The Kier molecular flexibility index (Phi) is 9.30. The van der Waals surface area contributed by atoms with Crippen molar-refractivity contribution in [3.05, 3.63) is 76.0 Å². The number of rotatable bonds is 9. The second-order valence-corrected chi connectivity index (χ2v) is 10.4. The van der Waals surface area contributed by atoms with E-state index in [1.807, 2.05) is 35.2 Å². The van der Waals surface area contributed by atoms with Gasteiger partial charge in [0.2, 0.25) is 0 Å². The van der Waals surface area contributed by atoms with E-state index < -0.39 is 0 Å². The molecule has 2 heterocycles. The summed E-state index contributed by atoms with van der Waals surface area (Å²) in [6.07, 6.45) is 0. The fourth-order valence-corrected chi connectivity index (χ4v) is 5.06. The van der Waals surface area contributed by atoms with E-state index in [1.54, 1.807) is 34.4 Å². The van der Waals surface area contributed by atoms with Gasteiger partial charge in [-0.2, -0.15) is 0 Å². The number of halogens is 1. The van der Waals surface area contributed by atoms with Crippen LogP contribution in [0.15, 0.2) is 53.9 Å². The number of anilines is 2. The molecule has 1 N–H and O–H groups in total. The van der Waals surface area contributed by atoms with Gasteiger partial charge in [-0.25, -0.2) is 14.2 Å². The monoisotopic (exact) mass is 539 g/mol. The number of para-hydroxylation sites is 1. The number of nitrogens with zero attached hydrogens (tertiary/aromatic N) is 4. The van der Waals surface area contributed by atoms with E-state index in [0.717, 1.165) is 0 Å². The molecule has 8 nitrogen and oxygen atoms in total. The molecular weight excluding hydrogens is 505 g/mol. The van der Waals surface area contributed by atoms with E-state index in [9.17, 15) is 14.0 Å². The van der Waals surface area contributed by atoms with Crippen LogP contribution in [-0.2, 0) is 11.3 Å². The molecule has 0 saturated carbocycles. The predicted molar refractivity (Wildman–Crippen MR) is 148 cm³/mol. The molecule has 1 saturated heterocycles. The molecule has 0 spiro atoms. The first kappa shape index (κ1) is 27.5. The molecule has 0 unspecified atom stereocenters. The molecule has 0 aliphatic carbocycles. The summed E-state index contributed by atoms with van der Waals surface area (Å²) in [6, 6.07) is 14.2. The molecule has 1 aliphatic rings. The van der Waals surface area contributed by atoms with E-state index >= 15 is 0 Å². The SMILES string of the molecule is COCCN(Cc1nc(C(=O)N2CCN(c3ccccc3F)CC2)cs1)C(=O)Nc1ccc(C(C)C)cc1. The number of piperazine rings is 1. The zero-order valence-corrected chi connectivity index (χ0v) is 22.8. The Morgan fingerprint density at radius 3 is 2.47 bits per heavy atom. The summed E-state index contributed by atoms with van der Waals surface area (Å²) in [4.78, 5) is 36.0. The maximum atomic E-state index is 14.1. The van der Waals surface area contributed by atoms with Crippen LogP contribution in [0.25, 0.3) is 0 Å². The summed E-state index contributed by atoms with van der Waals surface area (Å²) in [5.74, 6) is 0.000343. The van der Waals surface area contributed by atoms with Gasteiger partial charge < -0.3 is 24.8 Å². The van der Waals surface area contributed by atoms with Gasteiger partial charge in [0, 0.05) is 50.9 Å². The minimum atomic E-state index is -0.258. The zero-order valence-electron chi connectivity index (χ0n) is 22.0. The highest BCUT2D eigenvalue weighted by Crippen LogP contribution is 2.22. The smallest absolute Gasteiger partial charge is 0.322 e. The quantitative estimate of drug-likeness (QED) is 0.412. The maximum Gasteiger partial charge on any atom is 0.322 e. The van der Waals surface area contributed by atoms with Gasteiger partial charge >= 0.3 is 6.03 Å². The summed E-state index contributed by atoms with van der Waals surface area (Å²) in [6.45, 7) is 7.34. The van der Waals surface area contributed by atoms with Crippen molar-refractivity contribution >= 4 is 34.6 Å². The number of methoxy groups -OCH3 is 1. The van der Waals surface area contributed by atoms with Crippen LogP contribution < -0.4 is 10.2 Å². The molecule has 1 aliphatic heterocycles. The van der Waals surface area contributed by atoms with Crippen molar-refractivity contribution in [2.45, 2.75) is 26.3 Å². The Morgan fingerprint density at radius 2 is 1.82 bits per heavy atom. The Hall–Kier alpha value is -3.50. The molecule has 3 amide bonds. The third kappa shape index (κ3) is 6.87. The van der Waals surface area contributed by atoms with Gasteiger partial charge in [0.05, 0.1) is 18.8 Å². The van der Waals surface area contributed by atoms with Crippen LogP contribution in [0, 0.1) is 5.82 Å². The van der Waals surface area contributed by atoms with Crippen molar-refractivity contribution in [2.75, 3.05) is 56.7 Å². The third-order valence-electron chi connectivity index (χ3n) is 6.54. The molecule has 3 aromatic rings. The fraction of sp³-hybridized carbons (Fsp3) is 0.393. The summed E-state index contributed by atoms with van der Waals surface area (Å²) in [5, 5.41) is 5.34. The van der Waals surface area contributed by atoms with Crippen molar-refractivity contribution < 1.29 is 18.7 Å². The number of amides is 3. The maximum absolute atomic E-state index is 14.1. The fourth-order valence-electron chi connectivity index (χ4n) is 4.27. The lowest BCUT2D eigenvalue weighted by atomic mass is 10.0. The molecular formula is C28H34FN5O3S. The van der Waals surface area contributed by atoms with Gasteiger partial charge in [-0.05, 0) is 35.7 Å². The van der Waals surface area contributed by atoms with Crippen molar-refractivity contribution in [2.24, 2.45) is 0 Å². The third-order valence-corrected chi connectivity index (χ3v) is 7.37. The lowest BCUT2D eigenvalue weighted by Crippen LogP contribution is -2.49. The molecule has 0 bridgehead atoms. The molecule has 0 atom stereocenters. The highest BCUT2D eigenvalue weighted by atomic mass is 32.1. The molecule has 10 heteroatoms. The standard InChI is InChI=1S/C28H34FN5O3S/c1-20(2)21-8-10-22(11-9-21)30-28(36)34(16-17-37-3)18-26-31-24(19-38-26)27(35)33-14-12-32(13-15-33)25-7-5-4-6-23(25)29/h4-11,19-20H,12-18H2,1-3H3,(H,30,36). The second-order valence-electron chi connectivity index (χ2n) is 9.48. The molecule has 4 rings (SSSR count). The van der Waals surface area contributed by atoms with Crippen LogP contribution in [0.1, 0.15) is 40.8 Å². The number of hydrogen-bond donors (Lipinski definition) is 1.